The first-order valence-electron chi connectivity index (χ1n) is 6.43. The topological polar surface area (TPSA) is 69.6 Å². The van der Waals surface area contributed by atoms with Crippen molar-refractivity contribution in [2.45, 2.75) is 32.7 Å². The summed E-state index contributed by atoms with van der Waals surface area (Å²) >= 11 is 5.96. The lowest BCUT2D eigenvalue weighted by Crippen LogP contribution is -2.38. The molecule has 0 heterocycles. The minimum atomic E-state index is -1.06. The van der Waals surface area contributed by atoms with Gasteiger partial charge in [0.05, 0.1) is 16.3 Å². The first-order chi connectivity index (χ1) is 9.36. The number of rotatable bonds is 5. The van der Waals surface area contributed by atoms with Crippen LogP contribution in [-0.2, 0) is 0 Å². The molecule has 0 saturated carbocycles. The molecule has 0 spiro atoms. The largest absolute Gasteiger partial charge is 0.478 e. The van der Waals surface area contributed by atoms with Gasteiger partial charge in [-0.1, -0.05) is 24.9 Å². The van der Waals surface area contributed by atoms with Gasteiger partial charge in [0.15, 0.2) is 0 Å². The van der Waals surface area contributed by atoms with Gasteiger partial charge in [-0.25, -0.2) is 9.59 Å². The van der Waals surface area contributed by atoms with Gasteiger partial charge >= 0.3 is 12.0 Å². The summed E-state index contributed by atoms with van der Waals surface area (Å²) in [4.78, 5) is 24.6. The van der Waals surface area contributed by atoms with Crippen molar-refractivity contribution in [1.29, 1.82) is 0 Å². The number of amides is 2. The monoisotopic (exact) mass is 298 g/mol. The highest BCUT2D eigenvalue weighted by atomic mass is 35.5. The van der Waals surface area contributed by atoms with Crippen LogP contribution >= 0.6 is 11.6 Å². The highest BCUT2D eigenvalue weighted by molar-refractivity contribution is 6.33. The molecule has 1 rings (SSSR count). The molecular weight excluding hydrogens is 280 g/mol. The van der Waals surface area contributed by atoms with E-state index in [9.17, 15) is 9.59 Å². The lowest BCUT2D eigenvalue weighted by molar-refractivity contribution is 0.0697. The fraction of sp³-hybridized carbons (Fsp3) is 0.429. The second kappa shape index (κ2) is 7.14. The van der Waals surface area contributed by atoms with Crippen LogP contribution in [0.5, 0.6) is 0 Å². The van der Waals surface area contributed by atoms with Gasteiger partial charge < -0.3 is 15.3 Å². The van der Waals surface area contributed by atoms with E-state index in [-0.39, 0.29) is 17.6 Å². The molecule has 5 nitrogen and oxygen atoms in total. The Morgan fingerprint density at radius 2 is 2.10 bits per heavy atom. The van der Waals surface area contributed by atoms with E-state index in [1.165, 1.54) is 18.2 Å². The first-order valence-corrected chi connectivity index (χ1v) is 6.81. The number of carboxylic acid groups (broad SMARTS) is 1. The van der Waals surface area contributed by atoms with Crippen molar-refractivity contribution in [3.63, 3.8) is 0 Å². The average molecular weight is 299 g/mol. The summed E-state index contributed by atoms with van der Waals surface area (Å²) in [5, 5.41) is 11.9. The molecule has 2 N–H and O–H groups in total. The summed E-state index contributed by atoms with van der Waals surface area (Å²) in [5.74, 6) is -1.06. The minimum Gasteiger partial charge on any atom is -0.478 e. The van der Waals surface area contributed by atoms with Gasteiger partial charge in [-0.2, -0.15) is 0 Å². The summed E-state index contributed by atoms with van der Waals surface area (Å²) < 4.78 is 0. The molecule has 1 aromatic rings. The van der Waals surface area contributed by atoms with Crippen LogP contribution in [0.25, 0.3) is 0 Å². The molecule has 6 heteroatoms. The van der Waals surface area contributed by atoms with Crippen LogP contribution < -0.4 is 5.32 Å². The summed E-state index contributed by atoms with van der Waals surface area (Å²) in [6.07, 6.45) is 1.88. The highest BCUT2D eigenvalue weighted by Gasteiger charge is 2.16. The van der Waals surface area contributed by atoms with Gasteiger partial charge in [-0.05, 0) is 31.5 Å². The van der Waals surface area contributed by atoms with Crippen molar-refractivity contribution in [2.75, 3.05) is 12.4 Å². The number of nitrogens with zero attached hydrogens (tertiary/aromatic N) is 1. The molecule has 20 heavy (non-hydrogen) atoms. The number of carbonyl (C=O) groups is 2. The van der Waals surface area contributed by atoms with Gasteiger partial charge in [-0.3, -0.25) is 0 Å². The predicted molar refractivity (Wildman–Crippen MR) is 79.6 cm³/mol. The van der Waals surface area contributed by atoms with Gasteiger partial charge in [-0.15, -0.1) is 0 Å². The van der Waals surface area contributed by atoms with E-state index in [1.54, 1.807) is 11.9 Å². The third kappa shape index (κ3) is 4.13. The van der Waals surface area contributed by atoms with Crippen LogP contribution in [0.15, 0.2) is 18.2 Å². The third-order valence-electron chi connectivity index (χ3n) is 3.14. The van der Waals surface area contributed by atoms with Crippen LogP contribution in [0, 0.1) is 0 Å². The summed E-state index contributed by atoms with van der Waals surface area (Å²) in [7, 11) is 1.70. The maximum absolute atomic E-state index is 12.1. The van der Waals surface area contributed by atoms with E-state index in [0.29, 0.717) is 10.7 Å². The Balaban J connectivity index is 2.84. The number of aromatic carboxylic acids is 1. The van der Waals surface area contributed by atoms with Crippen LogP contribution in [0.3, 0.4) is 0 Å². The Kier molecular flexibility index (Phi) is 5.82. The number of hydrogen-bond donors (Lipinski definition) is 2. The fourth-order valence-corrected chi connectivity index (χ4v) is 1.93. The number of benzene rings is 1. The van der Waals surface area contributed by atoms with Crippen molar-refractivity contribution >= 4 is 29.3 Å². The molecule has 0 aromatic heterocycles. The predicted octanol–water partition coefficient (Wildman–Crippen LogP) is 3.69. The van der Waals surface area contributed by atoms with Crippen LogP contribution in [-0.4, -0.2) is 35.1 Å². The number of hydrogen-bond acceptors (Lipinski definition) is 2. The molecule has 0 aliphatic rings. The number of anilines is 1. The van der Waals surface area contributed by atoms with E-state index in [4.69, 9.17) is 16.7 Å². The normalized spacial score (nSPS) is 11.8. The van der Waals surface area contributed by atoms with Gasteiger partial charge in [0, 0.05) is 13.1 Å². The molecule has 1 unspecified atom stereocenters. The van der Waals surface area contributed by atoms with E-state index in [2.05, 4.69) is 12.2 Å². The van der Waals surface area contributed by atoms with Crippen molar-refractivity contribution in [2.24, 2.45) is 0 Å². The van der Waals surface area contributed by atoms with E-state index in [0.717, 1.165) is 12.8 Å². The number of halogens is 1. The molecule has 0 aliphatic heterocycles. The Labute approximate surface area is 123 Å². The Hall–Kier alpha value is -1.75. The van der Waals surface area contributed by atoms with Crippen LogP contribution in [0.4, 0.5) is 10.5 Å². The molecule has 0 saturated heterocycles. The first kappa shape index (κ1) is 16.3. The standard InChI is InChI=1S/C14H19ClN2O3/c1-4-5-9(2)17(3)14(20)16-12-8-10(13(18)19)6-7-11(12)15/h6-9H,4-5H2,1-3H3,(H,16,20)(H,18,19). The van der Waals surface area contributed by atoms with Gasteiger partial charge in [0.2, 0.25) is 0 Å². The van der Waals surface area contributed by atoms with Gasteiger partial charge in [0.1, 0.15) is 0 Å². The third-order valence-corrected chi connectivity index (χ3v) is 3.47. The Bertz CT molecular complexity index is 505. The maximum Gasteiger partial charge on any atom is 0.335 e. The number of carboxylic acids is 1. The zero-order valence-corrected chi connectivity index (χ0v) is 12.6. The zero-order valence-electron chi connectivity index (χ0n) is 11.8. The van der Waals surface area contributed by atoms with Crippen molar-refractivity contribution in [1.82, 2.24) is 4.90 Å². The zero-order chi connectivity index (χ0) is 15.3. The average Bonchev–Trinajstić information content (AvgIpc) is 2.40. The second-order valence-electron chi connectivity index (χ2n) is 4.68. The van der Waals surface area contributed by atoms with Crippen LogP contribution in [0.2, 0.25) is 5.02 Å². The number of urea groups is 1. The molecule has 0 bridgehead atoms. The molecule has 1 atom stereocenters. The molecule has 0 radical (unpaired) electrons. The van der Waals surface area contributed by atoms with Crippen molar-refractivity contribution in [3.05, 3.63) is 28.8 Å². The second-order valence-corrected chi connectivity index (χ2v) is 5.09. The van der Waals surface area contributed by atoms with Crippen molar-refractivity contribution in [3.8, 4) is 0 Å². The van der Waals surface area contributed by atoms with Crippen molar-refractivity contribution < 1.29 is 14.7 Å². The van der Waals surface area contributed by atoms with E-state index >= 15 is 0 Å². The molecule has 0 fully saturated rings. The molecule has 1 aromatic carbocycles. The SMILES string of the molecule is CCCC(C)N(C)C(=O)Nc1cc(C(=O)O)ccc1Cl. The molecule has 0 aliphatic carbocycles. The Morgan fingerprint density at radius 3 is 2.65 bits per heavy atom. The summed E-state index contributed by atoms with van der Waals surface area (Å²) in [6.45, 7) is 4.01. The lowest BCUT2D eigenvalue weighted by atomic mass is 10.2. The molecule has 110 valence electrons. The van der Waals surface area contributed by atoms with Crippen LogP contribution in [0.1, 0.15) is 37.0 Å². The van der Waals surface area contributed by atoms with E-state index in [1.807, 2.05) is 6.92 Å². The van der Waals surface area contributed by atoms with Gasteiger partial charge in [0.25, 0.3) is 0 Å². The molecular formula is C14H19ClN2O3. The smallest absolute Gasteiger partial charge is 0.335 e. The number of carbonyl (C=O) groups excluding carboxylic acids is 1. The highest BCUT2D eigenvalue weighted by Crippen LogP contribution is 2.23. The van der Waals surface area contributed by atoms with E-state index < -0.39 is 5.97 Å². The quantitative estimate of drug-likeness (QED) is 0.871. The fourth-order valence-electron chi connectivity index (χ4n) is 1.77. The number of nitrogens with one attached hydrogen (secondary N) is 1. The molecule has 2 amide bonds. The minimum absolute atomic E-state index is 0.0777. The Morgan fingerprint density at radius 1 is 1.45 bits per heavy atom. The summed E-state index contributed by atoms with van der Waals surface area (Å²) in [5.41, 5.74) is 0.376. The summed E-state index contributed by atoms with van der Waals surface area (Å²) in [6, 6.07) is 3.98. The maximum atomic E-state index is 12.1. The lowest BCUT2D eigenvalue weighted by Gasteiger charge is -2.25.